The minimum atomic E-state index is -1.37. The lowest BCUT2D eigenvalue weighted by Crippen LogP contribution is -2.31. The van der Waals surface area contributed by atoms with Gasteiger partial charge in [0.25, 0.3) is 0 Å². The number of ether oxygens (including phenoxy) is 1. The summed E-state index contributed by atoms with van der Waals surface area (Å²) < 4.78 is 30.0. The van der Waals surface area contributed by atoms with Crippen molar-refractivity contribution in [2.75, 3.05) is 30.5 Å². The first-order valence-electron chi connectivity index (χ1n) is 5.67. The van der Waals surface area contributed by atoms with Gasteiger partial charge in [0.15, 0.2) is 0 Å². The number of amides is 1. The summed E-state index contributed by atoms with van der Waals surface area (Å²) in [5.74, 6) is -0.846. The van der Waals surface area contributed by atoms with Crippen molar-refractivity contribution in [3.63, 3.8) is 0 Å². The van der Waals surface area contributed by atoms with E-state index in [9.17, 15) is 13.4 Å². The molecule has 2 atom stereocenters. The number of carbonyl (C=O) groups is 1. The average molecular weight is 288 g/mol. The van der Waals surface area contributed by atoms with E-state index in [0.29, 0.717) is 12.3 Å². The molecule has 1 aromatic rings. The number of nitrogens with two attached hydrogens (primary N) is 1. The Morgan fingerprint density at radius 2 is 2.26 bits per heavy atom. The van der Waals surface area contributed by atoms with Gasteiger partial charge >= 0.3 is 0 Å². The standard InChI is InChI=1S/C12H17FN2O3S/c1-8(19(17)6-5-18-2)12(16)15-11-7-9(14)3-4-10(11)13/h3-4,7-8H,5-6,14H2,1-2H3,(H,15,16). The monoisotopic (exact) mass is 288 g/mol. The fraction of sp³-hybridized carbons (Fsp3) is 0.417. The van der Waals surface area contributed by atoms with Gasteiger partial charge in [-0.15, -0.1) is 0 Å². The van der Waals surface area contributed by atoms with Crippen LogP contribution in [0.3, 0.4) is 0 Å². The number of benzene rings is 1. The molecular weight excluding hydrogens is 271 g/mol. The first-order chi connectivity index (χ1) is 8.95. The van der Waals surface area contributed by atoms with Gasteiger partial charge in [-0.3, -0.25) is 9.00 Å². The fourth-order valence-electron chi connectivity index (χ4n) is 1.33. The summed E-state index contributed by atoms with van der Waals surface area (Å²) in [6.45, 7) is 1.82. The number of nitrogens with one attached hydrogen (secondary N) is 1. The highest BCUT2D eigenvalue weighted by atomic mass is 32.2. The molecule has 106 valence electrons. The largest absolute Gasteiger partial charge is 0.399 e. The van der Waals surface area contributed by atoms with Crippen molar-refractivity contribution in [3.8, 4) is 0 Å². The van der Waals surface area contributed by atoms with Crippen LogP contribution in [-0.2, 0) is 20.3 Å². The SMILES string of the molecule is COCCS(=O)C(C)C(=O)Nc1cc(N)ccc1F. The summed E-state index contributed by atoms with van der Waals surface area (Å²) in [5.41, 5.74) is 5.83. The van der Waals surface area contributed by atoms with Crippen LogP contribution in [0.15, 0.2) is 18.2 Å². The van der Waals surface area contributed by atoms with Gasteiger partial charge in [-0.25, -0.2) is 4.39 Å². The Balaban J connectivity index is 2.68. The molecule has 5 nitrogen and oxygen atoms in total. The van der Waals surface area contributed by atoms with Crippen LogP contribution in [0.4, 0.5) is 15.8 Å². The first kappa shape index (κ1) is 15.6. The molecule has 0 spiro atoms. The second-order valence-corrected chi connectivity index (χ2v) is 5.83. The molecule has 2 unspecified atom stereocenters. The topological polar surface area (TPSA) is 81.4 Å². The summed E-state index contributed by atoms with van der Waals surface area (Å²) in [6, 6.07) is 3.88. The zero-order chi connectivity index (χ0) is 14.4. The van der Waals surface area contributed by atoms with Crippen molar-refractivity contribution in [1.82, 2.24) is 0 Å². The van der Waals surface area contributed by atoms with Gasteiger partial charge in [0.05, 0.1) is 12.3 Å². The first-order valence-corrected chi connectivity index (χ1v) is 7.06. The highest BCUT2D eigenvalue weighted by Crippen LogP contribution is 2.18. The van der Waals surface area contributed by atoms with Crippen molar-refractivity contribution in [1.29, 1.82) is 0 Å². The number of anilines is 2. The number of methoxy groups -OCH3 is 1. The van der Waals surface area contributed by atoms with Gasteiger partial charge in [0.2, 0.25) is 5.91 Å². The number of hydrogen-bond acceptors (Lipinski definition) is 4. The van der Waals surface area contributed by atoms with Crippen molar-refractivity contribution < 1.29 is 18.1 Å². The van der Waals surface area contributed by atoms with E-state index in [2.05, 4.69) is 5.32 Å². The molecular formula is C12H17FN2O3S. The Kier molecular flexibility index (Phi) is 5.91. The van der Waals surface area contributed by atoms with E-state index in [1.165, 1.54) is 26.2 Å². The Hall–Kier alpha value is -1.47. The fourth-order valence-corrected chi connectivity index (χ4v) is 2.32. The smallest absolute Gasteiger partial charge is 0.239 e. The van der Waals surface area contributed by atoms with Gasteiger partial charge in [-0.2, -0.15) is 0 Å². The summed E-state index contributed by atoms with van der Waals surface area (Å²) >= 11 is 0. The van der Waals surface area contributed by atoms with Crippen LogP contribution in [-0.4, -0.2) is 34.8 Å². The highest BCUT2D eigenvalue weighted by Gasteiger charge is 2.20. The van der Waals surface area contributed by atoms with Gasteiger partial charge in [0, 0.05) is 29.3 Å². The quantitative estimate of drug-likeness (QED) is 0.769. The Morgan fingerprint density at radius 3 is 2.89 bits per heavy atom. The minimum absolute atomic E-state index is 0.0133. The molecule has 0 heterocycles. The third kappa shape index (κ3) is 4.60. The molecule has 0 bridgehead atoms. The van der Waals surface area contributed by atoms with Gasteiger partial charge in [0.1, 0.15) is 11.1 Å². The molecule has 0 radical (unpaired) electrons. The molecule has 1 rings (SSSR count). The molecule has 0 aliphatic carbocycles. The van der Waals surface area contributed by atoms with E-state index >= 15 is 0 Å². The lowest BCUT2D eigenvalue weighted by Gasteiger charge is -2.12. The van der Waals surface area contributed by atoms with Crippen molar-refractivity contribution in [2.24, 2.45) is 0 Å². The van der Waals surface area contributed by atoms with Gasteiger partial charge in [-0.1, -0.05) is 0 Å². The molecule has 3 N–H and O–H groups in total. The molecule has 0 aliphatic rings. The Bertz CT molecular complexity index is 482. The molecule has 19 heavy (non-hydrogen) atoms. The van der Waals surface area contributed by atoms with E-state index in [4.69, 9.17) is 10.5 Å². The molecule has 0 saturated heterocycles. The zero-order valence-corrected chi connectivity index (χ0v) is 11.6. The van der Waals surface area contributed by atoms with Crippen molar-refractivity contribution in [3.05, 3.63) is 24.0 Å². The van der Waals surface area contributed by atoms with Crippen LogP contribution in [0.25, 0.3) is 0 Å². The number of hydrogen-bond donors (Lipinski definition) is 2. The summed E-state index contributed by atoms with van der Waals surface area (Å²) in [7, 11) is 0.119. The van der Waals surface area contributed by atoms with Crippen molar-refractivity contribution >= 4 is 28.1 Å². The van der Waals surface area contributed by atoms with E-state index in [-0.39, 0.29) is 11.4 Å². The van der Waals surface area contributed by atoms with Crippen LogP contribution < -0.4 is 11.1 Å². The maximum atomic E-state index is 13.4. The maximum absolute atomic E-state index is 13.4. The number of halogens is 1. The molecule has 1 aromatic carbocycles. The van der Waals surface area contributed by atoms with E-state index in [1.54, 1.807) is 0 Å². The predicted molar refractivity (Wildman–Crippen MR) is 73.8 cm³/mol. The van der Waals surface area contributed by atoms with Gasteiger partial charge in [-0.05, 0) is 25.1 Å². The summed E-state index contributed by atoms with van der Waals surface area (Å²) in [4.78, 5) is 11.8. The van der Waals surface area contributed by atoms with Crippen LogP contribution in [0.2, 0.25) is 0 Å². The molecule has 0 fully saturated rings. The van der Waals surface area contributed by atoms with Crippen LogP contribution >= 0.6 is 0 Å². The maximum Gasteiger partial charge on any atom is 0.239 e. The number of rotatable bonds is 6. The lowest BCUT2D eigenvalue weighted by molar-refractivity contribution is -0.115. The Labute approximate surface area is 113 Å². The van der Waals surface area contributed by atoms with E-state index in [0.717, 1.165) is 6.07 Å². The van der Waals surface area contributed by atoms with Crippen LogP contribution in [0, 0.1) is 5.82 Å². The number of nitrogen functional groups attached to an aromatic ring is 1. The second-order valence-electron chi connectivity index (χ2n) is 3.95. The predicted octanol–water partition coefficient (Wildman–Crippen LogP) is 1.13. The van der Waals surface area contributed by atoms with Crippen LogP contribution in [0.5, 0.6) is 0 Å². The minimum Gasteiger partial charge on any atom is -0.399 e. The average Bonchev–Trinajstić information content (AvgIpc) is 2.39. The molecule has 1 amide bonds. The molecule has 0 saturated carbocycles. The molecule has 0 aromatic heterocycles. The number of carbonyl (C=O) groups excluding carboxylic acids is 1. The van der Waals surface area contributed by atoms with E-state index in [1.807, 2.05) is 0 Å². The Morgan fingerprint density at radius 1 is 1.58 bits per heavy atom. The third-order valence-corrected chi connectivity index (χ3v) is 4.07. The van der Waals surface area contributed by atoms with E-state index < -0.39 is 27.8 Å². The third-order valence-electron chi connectivity index (χ3n) is 2.50. The highest BCUT2D eigenvalue weighted by molar-refractivity contribution is 7.86. The molecule has 0 aliphatic heterocycles. The van der Waals surface area contributed by atoms with Gasteiger partial charge < -0.3 is 15.8 Å². The van der Waals surface area contributed by atoms with Crippen LogP contribution in [0.1, 0.15) is 6.92 Å². The normalized spacial score (nSPS) is 13.8. The summed E-state index contributed by atoms with van der Waals surface area (Å²) in [6.07, 6.45) is 0. The zero-order valence-electron chi connectivity index (χ0n) is 10.8. The molecule has 7 heteroatoms. The lowest BCUT2D eigenvalue weighted by atomic mass is 10.2. The second kappa shape index (κ2) is 7.20. The summed E-state index contributed by atoms with van der Waals surface area (Å²) in [5, 5.41) is 1.63. The van der Waals surface area contributed by atoms with Crippen molar-refractivity contribution in [2.45, 2.75) is 12.2 Å².